The van der Waals surface area contributed by atoms with Crippen LogP contribution in [0.4, 0.5) is 5.13 Å². The first-order chi connectivity index (χ1) is 11.6. The number of methoxy groups -OCH3 is 1. The Labute approximate surface area is 142 Å². The van der Waals surface area contributed by atoms with E-state index in [4.69, 9.17) is 9.26 Å². The first-order valence-electron chi connectivity index (χ1n) is 7.36. The molecule has 0 spiro atoms. The fraction of sp³-hybridized carbons (Fsp3) is 0.250. The normalized spacial score (nSPS) is 10.6. The van der Waals surface area contributed by atoms with Crippen LogP contribution >= 0.6 is 11.3 Å². The highest BCUT2D eigenvalue weighted by atomic mass is 32.1. The third kappa shape index (κ3) is 3.28. The summed E-state index contributed by atoms with van der Waals surface area (Å²) >= 11 is 1.31. The Morgan fingerprint density at radius 1 is 1.29 bits per heavy atom. The van der Waals surface area contributed by atoms with E-state index in [-0.39, 0.29) is 5.91 Å². The molecule has 3 aromatic rings. The summed E-state index contributed by atoms with van der Waals surface area (Å²) in [6, 6.07) is 7.39. The fourth-order valence-electron chi connectivity index (χ4n) is 2.03. The van der Waals surface area contributed by atoms with Crippen LogP contribution in [0.5, 0.6) is 5.75 Å². The number of benzene rings is 1. The van der Waals surface area contributed by atoms with Crippen LogP contribution in [-0.2, 0) is 4.79 Å². The molecule has 0 aliphatic rings. The van der Waals surface area contributed by atoms with Crippen molar-refractivity contribution < 1.29 is 14.1 Å². The van der Waals surface area contributed by atoms with Crippen LogP contribution in [0.2, 0.25) is 0 Å². The lowest BCUT2D eigenvalue weighted by atomic mass is 10.2. The van der Waals surface area contributed by atoms with Gasteiger partial charge in [0.15, 0.2) is 5.13 Å². The van der Waals surface area contributed by atoms with Crippen LogP contribution in [0, 0.1) is 6.92 Å². The summed E-state index contributed by atoms with van der Waals surface area (Å²) < 4.78 is 10.5. The average molecular weight is 344 g/mol. The van der Waals surface area contributed by atoms with E-state index in [0.29, 0.717) is 23.3 Å². The summed E-state index contributed by atoms with van der Waals surface area (Å²) in [5.74, 6) is 1.55. The number of amides is 1. The number of carbonyl (C=O) groups is 1. The lowest BCUT2D eigenvalue weighted by molar-refractivity contribution is -0.115. The molecule has 7 nitrogen and oxygen atoms in total. The van der Waals surface area contributed by atoms with Gasteiger partial charge in [-0.25, -0.2) is 4.98 Å². The largest absolute Gasteiger partial charge is 0.497 e. The van der Waals surface area contributed by atoms with Crippen molar-refractivity contribution in [2.24, 2.45) is 0 Å². The number of rotatable bonds is 5. The monoisotopic (exact) mass is 344 g/mol. The Balaban J connectivity index is 1.86. The van der Waals surface area contributed by atoms with Crippen molar-refractivity contribution in [3.63, 3.8) is 0 Å². The van der Waals surface area contributed by atoms with Gasteiger partial charge in [-0.2, -0.15) is 4.98 Å². The molecule has 0 bridgehead atoms. The molecule has 0 radical (unpaired) electrons. The highest BCUT2D eigenvalue weighted by molar-refractivity contribution is 7.19. The Kier molecular flexibility index (Phi) is 4.57. The molecule has 0 saturated carbocycles. The van der Waals surface area contributed by atoms with Crippen molar-refractivity contribution in [1.29, 1.82) is 0 Å². The number of nitrogens with one attached hydrogen (secondary N) is 1. The van der Waals surface area contributed by atoms with Gasteiger partial charge < -0.3 is 14.6 Å². The summed E-state index contributed by atoms with van der Waals surface area (Å²) in [5.41, 5.74) is 1.56. The second-order valence-electron chi connectivity index (χ2n) is 4.99. The first-order valence-corrected chi connectivity index (χ1v) is 8.18. The first kappa shape index (κ1) is 16.1. The zero-order valence-electron chi connectivity index (χ0n) is 13.5. The van der Waals surface area contributed by atoms with Gasteiger partial charge in [0.05, 0.1) is 12.8 Å². The smallest absolute Gasteiger partial charge is 0.270 e. The number of carbonyl (C=O) groups excluding carboxylic acids is 1. The molecule has 0 atom stereocenters. The van der Waals surface area contributed by atoms with E-state index in [1.54, 1.807) is 14.0 Å². The van der Waals surface area contributed by atoms with E-state index < -0.39 is 0 Å². The summed E-state index contributed by atoms with van der Waals surface area (Å²) in [7, 11) is 1.61. The van der Waals surface area contributed by atoms with Crippen molar-refractivity contribution >= 4 is 22.4 Å². The lowest BCUT2D eigenvalue weighted by Gasteiger charge is -1.98. The second kappa shape index (κ2) is 6.79. The molecule has 3 rings (SSSR count). The van der Waals surface area contributed by atoms with Crippen LogP contribution in [0.15, 0.2) is 28.8 Å². The van der Waals surface area contributed by atoms with Gasteiger partial charge in [0.1, 0.15) is 10.6 Å². The number of aromatic nitrogens is 3. The molecule has 2 aromatic heterocycles. The number of thiazole rings is 1. The van der Waals surface area contributed by atoms with Crippen LogP contribution in [0.1, 0.15) is 19.0 Å². The molecule has 1 aromatic carbocycles. The molecule has 1 amide bonds. The zero-order chi connectivity index (χ0) is 17.1. The highest BCUT2D eigenvalue weighted by Crippen LogP contribution is 2.33. The highest BCUT2D eigenvalue weighted by Gasteiger charge is 2.18. The maximum Gasteiger partial charge on any atom is 0.270 e. The maximum atomic E-state index is 11.5. The lowest BCUT2D eigenvalue weighted by Crippen LogP contribution is -2.08. The summed E-state index contributed by atoms with van der Waals surface area (Å²) in [5, 5.41) is 7.28. The van der Waals surface area contributed by atoms with Crippen molar-refractivity contribution in [3.05, 3.63) is 30.0 Å². The molecule has 0 fully saturated rings. The van der Waals surface area contributed by atoms with E-state index in [2.05, 4.69) is 20.4 Å². The molecule has 24 heavy (non-hydrogen) atoms. The second-order valence-corrected chi connectivity index (χ2v) is 5.99. The molecule has 0 aliphatic heterocycles. The summed E-state index contributed by atoms with van der Waals surface area (Å²) in [6.45, 7) is 3.63. The molecule has 0 aliphatic carbocycles. The fourth-order valence-corrected chi connectivity index (χ4v) is 2.93. The minimum atomic E-state index is -0.0836. The van der Waals surface area contributed by atoms with Gasteiger partial charge in [-0.1, -0.05) is 23.4 Å². The molecule has 124 valence electrons. The van der Waals surface area contributed by atoms with Gasteiger partial charge in [-0.15, -0.1) is 0 Å². The molecule has 0 unspecified atom stereocenters. The predicted octanol–water partition coefficient (Wildman–Crippen LogP) is 3.53. The third-order valence-corrected chi connectivity index (χ3v) is 4.39. The number of nitrogens with zero attached hydrogens (tertiary/aromatic N) is 3. The number of anilines is 1. The van der Waals surface area contributed by atoms with Crippen molar-refractivity contribution in [2.75, 3.05) is 12.4 Å². The Morgan fingerprint density at radius 2 is 2.04 bits per heavy atom. The topological polar surface area (TPSA) is 90.1 Å². The van der Waals surface area contributed by atoms with Gasteiger partial charge in [0.2, 0.25) is 11.7 Å². The molecule has 2 heterocycles. The van der Waals surface area contributed by atoms with Crippen LogP contribution in [0.25, 0.3) is 22.2 Å². The third-order valence-electron chi connectivity index (χ3n) is 3.33. The molecule has 1 N–H and O–H groups in total. The van der Waals surface area contributed by atoms with Crippen molar-refractivity contribution in [3.8, 4) is 27.9 Å². The zero-order valence-corrected chi connectivity index (χ0v) is 14.3. The van der Waals surface area contributed by atoms with Gasteiger partial charge in [0, 0.05) is 12.0 Å². The predicted molar refractivity (Wildman–Crippen MR) is 91.1 cm³/mol. The van der Waals surface area contributed by atoms with Gasteiger partial charge >= 0.3 is 0 Å². The Morgan fingerprint density at radius 3 is 2.71 bits per heavy atom. The molecule has 0 saturated heterocycles. The number of aryl methyl sites for hydroxylation is 1. The molecule has 8 heteroatoms. The van der Waals surface area contributed by atoms with Crippen molar-refractivity contribution in [2.45, 2.75) is 20.3 Å². The van der Waals surface area contributed by atoms with E-state index >= 15 is 0 Å². The summed E-state index contributed by atoms with van der Waals surface area (Å²) in [4.78, 5) is 21.0. The van der Waals surface area contributed by atoms with Crippen molar-refractivity contribution in [1.82, 2.24) is 15.1 Å². The standard InChI is InChI=1S/C16H16N4O3S/c1-4-12(21)18-16-17-9(2)13(24-16)15-19-14(20-23-15)10-5-7-11(22-3)8-6-10/h5-8H,4H2,1-3H3,(H,17,18,21). The Hall–Kier alpha value is -2.74. The van der Waals surface area contributed by atoms with E-state index in [1.807, 2.05) is 31.2 Å². The van der Waals surface area contributed by atoms with Crippen LogP contribution in [0.3, 0.4) is 0 Å². The number of hydrogen-bond acceptors (Lipinski definition) is 7. The maximum absolute atomic E-state index is 11.5. The van der Waals surface area contributed by atoms with Crippen LogP contribution in [-0.4, -0.2) is 28.1 Å². The Bertz CT molecular complexity index is 855. The van der Waals surface area contributed by atoms with Gasteiger partial charge in [-0.3, -0.25) is 4.79 Å². The minimum absolute atomic E-state index is 0.0836. The van der Waals surface area contributed by atoms with E-state index in [1.165, 1.54) is 11.3 Å². The SMILES string of the molecule is CCC(=O)Nc1nc(C)c(-c2nc(-c3ccc(OC)cc3)no2)s1. The summed E-state index contributed by atoms with van der Waals surface area (Å²) in [6.07, 6.45) is 0.399. The van der Waals surface area contributed by atoms with Gasteiger partial charge in [0.25, 0.3) is 5.89 Å². The van der Waals surface area contributed by atoms with Crippen LogP contribution < -0.4 is 10.1 Å². The average Bonchev–Trinajstić information content (AvgIpc) is 3.21. The molecular weight excluding hydrogens is 328 g/mol. The minimum Gasteiger partial charge on any atom is -0.497 e. The van der Waals surface area contributed by atoms with Gasteiger partial charge in [-0.05, 0) is 31.2 Å². The number of hydrogen-bond donors (Lipinski definition) is 1. The number of ether oxygens (including phenoxy) is 1. The van der Waals surface area contributed by atoms with E-state index in [9.17, 15) is 4.79 Å². The van der Waals surface area contributed by atoms with E-state index in [0.717, 1.165) is 21.9 Å². The quantitative estimate of drug-likeness (QED) is 0.761. The molecular formula is C16H16N4O3S.